The summed E-state index contributed by atoms with van der Waals surface area (Å²) >= 11 is 0. The normalized spacial score (nSPS) is 19.8. The van der Waals surface area contributed by atoms with Crippen molar-refractivity contribution in [3.05, 3.63) is 23.8 Å². The second-order valence-corrected chi connectivity index (χ2v) is 7.81. The first-order valence-electron chi connectivity index (χ1n) is 10.6. The van der Waals surface area contributed by atoms with Gasteiger partial charge in [0.1, 0.15) is 0 Å². The first kappa shape index (κ1) is 20.7. The van der Waals surface area contributed by atoms with E-state index < -0.39 is 0 Å². The number of hydrogen-bond donors (Lipinski definition) is 0. The van der Waals surface area contributed by atoms with Crippen molar-refractivity contribution in [2.75, 3.05) is 72.3 Å². The lowest BCUT2D eigenvalue weighted by Crippen LogP contribution is -2.54. The van der Waals surface area contributed by atoms with Crippen molar-refractivity contribution in [3.8, 4) is 11.5 Å². The number of piperazine rings is 2. The van der Waals surface area contributed by atoms with Gasteiger partial charge in [0.05, 0.1) is 13.2 Å². The molecule has 9 nitrogen and oxygen atoms in total. The SMILES string of the molecule is CCOC(=O)N1CCN(CC(=O)N2CCN(Cc3ccc4c(c3)OCO4)CC2)CC1. The lowest BCUT2D eigenvalue weighted by atomic mass is 10.1. The number of rotatable bonds is 5. The molecule has 4 rings (SSSR count). The Morgan fingerprint density at radius 2 is 1.57 bits per heavy atom. The van der Waals surface area contributed by atoms with Crippen LogP contribution in [0.4, 0.5) is 4.79 Å². The van der Waals surface area contributed by atoms with Crippen molar-refractivity contribution in [1.29, 1.82) is 0 Å². The number of ether oxygens (including phenoxy) is 3. The average Bonchev–Trinajstić information content (AvgIpc) is 3.23. The highest BCUT2D eigenvalue weighted by molar-refractivity contribution is 5.78. The van der Waals surface area contributed by atoms with E-state index >= 15 is 0 Å². The van der Waals surface area contributed by atoms with E-state index in [2.05, 4.69) is 15.9 Å². The molecule has 2 fully saturated rings. The third-order valence-electron chi connectivity index (χ3n) is 5.83. The van der Waals surface area contributed by atoms with Crippen LogP contribution in [0.1, 0.15) is 12.5 Å². The number of benzene rings is 1. The van der Waals surface area contributed by atoms with Gasteiger partial charge in [-0.1, -0.05) is 6.07 Å². The Kier molecular flexibility index (Phi) is 6.59. The summed E-state index contributed by atoms with van der Waals surface area (Å²) in [5.41, 5.74) is 1.19. The summed E-state index contributed by atoms with van der Waals surface area (Å²) in [4.78, 5) is 32.6. The first-order valence-corrected chi connectivity index (χ1v) is 10.6. The molecule has 3 heterocycles. The fraction of sp³-hybridized carbons (Fsp3) is 0.619. The fourth-order valence-corrected chi connectivity index (χ4v) is 4.05. The van der Waals surface area contributed by atoms with Crippen LogP contribution in [0.3, 0.4) is 0 Å². The first-order chi connectivity index (χ1) is 14.6. The van der Waals surface area contributed by atoms with Crippen LogP contribution < -0.4 is 9.47 Å². The minimum Gasteiger partial charge on any atom is -0.454 e. The molecule has 0 radical (unpaired) electrons. The zero-order valence-corrected chi connectivity index (χ0v) is 17.5. The van der Waals surface area contributed by atoms with Gasteiger partial charge in [0.2, 0.25) is 12.7 Å². The Morgan fingerprint density at radius 3 is 2.30 bits per heavy atom. The third kappa shape index (κ3) is 4.96. The predicted molar refractivity (Wildman–Crippen MR) is 109 cm³/mol. The number of nitrogens with zero attached hydrogens (tertiary/aromatic N) is 4. The van der Waals surface area contributed by atoms with Gasteiger partial charge in [-0.3, -0.25) is 14.6 Å². The van der Waals surface area contributed by atoms with E-state index in [1.54, 1.807) is 4.90 Å². The standard InChI is InChI=1S/C21H30N4O5/c1-2-28-21(27)25-11-7-23(8-12-25)15-20(26)24-9-5-22(6-10-24)14-17-3-4-18-19(13-17)30-16-29-18/h3-4,13H,2,5-12,14-16H2,1H3. The van der Waals surface area contributed by atoms with Crippen molar-refractivity contribution in [2.45, 2.75) is 13.5 Å². The highest BCUT2D eigenvalue weighted by Gasteiger charge is 2.26. The van der Waals surface area contributed by atoms with Gasteiger partial charge in [-0.15, -0.1) is 0 Å². The molecule has 164 valence electrons. The third-order valence-corrected chi connectivity index (χ3v) is 5.83. The number of amides is 2. The lowest BCUT2D eigenvalue weighted by Gasteiger charge is -2.37. The van der Waals surface area contributed by atoms with Gasteiger partial charge in [-0.25, -0.2) is 4.79 Å². The molecule has 0 bridgehead atoms. The van der Waals surface area contributed by atoms with Gasteiger partial charge in [0, 0.05) is 58.9 Å². The van der Waals surface area contributed by atoms with E-state index in [1.807, 2.05) is 24.0 Å². The van der Waals surface area contributed by atoms with Gasteiger partial charge in [-0.05, 0) is 24.6 Å². The van der Waals surface area contributed by atoms with Crippen molar-refractivity contribution in [2.24, 2.45) is 0 Å². The Labute approximate surface area is 177 Å². The molecule has 1 aromatic carbocycles. The Hall–Kier alpha value is -2.52. The highest BCUT2D eigenvalue weighted by Crippen LogP contribution is 2.32. The van der Waals surface area contributed by atoms with E-state index in [0.717, 1.165) is 44.2 Å². The predicted octanol–water partition coefficient (Wildman–Crippen LogP) is 0.834. The smallest absolute Gasteiger partial charge is 0.409 e. The quantitative estimate of drug-likeness (QED) is 0.701. The molecule has 0 saturated carbocycles. The molecule has 2 amide bonds. The van der Waals surface area contributed by atoms with E-state index in [-0.39, 0.29) is 18.8 Å². The molecule has 2 saturated heterocycles. The molecule has 3 aliphatic rings. The topological polar surface area (TPSA) is 74.8 Å². The Morgan fingerprint density at radius 1 is 0.900 bits per heavy atom. The highest BCUT2D eigenvalue weighted by atomic mass is 16.7. The van der Waals surface area contributed by atoms with Crippen LogP contribution in [0.15, 0.2) is 18.2 Å². The minimum atomic E-state index is -0.262. The van der Waals surface area contributed by atoms with Crippen LogP contribution in [-0.2, 0) is 16.1 Å². The van der Waals surface area contributed by atoms with Crippen LogP contribution in [0, 0.1) is 0 Å². The zero-order chi connectivity index (χ0) is 20.9. The molecule has 1 aromatic rings. The summed E-state index contributed by atoms with van der Waals surface area (Å²) in [6.07, 6.45) is -0.262. The summed E-state index contributed by atoms with van der Waals surface area (Å²) in [5, 5.41) is 0. The number of carbonyl (C=O) groups is 2. The van der Waals surface area contributed by atoms with Crippen molar-refractivity contribution < 1.29 is 23.8 Å². The molecule has 30 heavy (non-hydrogen) atoms. The summed E-state index contributed by atoms with van der Waals surface area (Å²) < 4.78 is 15.9. The second kappa shape index (κ2) is 9.53. The molecular formula is C21H30N4O5. The zero-order valence-electron chi connectivity index (χ0n) is 17.5. The van der Waals surface area contributed by atoms with Gasteiger partial charge in [0.25, 0.3) is 0 Å². The van der Waals surface area contributed by atoms with Gasteiger partial charge < -0.3 is 24.0 Å². The maximum atomic E-state index is 12.7. The van der Waals surface area contributed by atoms with Crippen LogP contribution in [0.5, 0.6) is 11.5 Å². The molecular weight excluding hydrogens is 388 g/mol. The number of hydrogen-bond acceptors (Lipinski definition) is 7. The largest absolute Gasteiger partial charge is 0.454 e. The van der Waals surface area contributed by atoms with Gasteiger partial charge in [-0.2, -0.15) is 0 Å². The summed E-state index contributed by atoms with van der Waals surface area (Å²) in [7, 11) is 0. The van der Waals surface area contributed by atoms with E-state index in [0.29, 0.717) is 39.3 Å². The average molecular weight is 418 g/mol. The van der Waals surface area contributed by atoms with Crippen molar-refractivity contribution in [3.63, 3.8) is 0 Å². The van der Waals surface area contributed by atoms with Crippen molar-refractivity contribution in [1.82, 2.24) is 19.6 Å². The van der Waals surface area contributed by atoms with Gasteiger partial charge >= 0.3 is 6.09 Å². The molecule has 0 N–H and O–H groups in total. The fourth-order valence-electron chi connectivity index (χ4n) is 4.05. The molecule has 0 atom stereocenters. The number of fused-ring (bicyclic) bond motifs is 1. The molecule has 0 unspecified atom stereocenters. The van der Waals surface area contributed by atoms with Crippen molar-refractivity contribution >= 4 is 12.0 Å². The minimum absolute atomic E-state index is 0.169. The van der Waals surface area contributed by atoms with Gasteiger partial charge in [0.15, 0.2) is 11.5 Å². The lowest BCUT2D eigenvalue weighted by molar-refractivity contribution is -0.134. The summed E-state index contributed by atoms with van der Waals surface area (Å²) in [6.45, 7) is 9.56. The van der Waals surface area contributed by atoms with Crippen LogP contribution in [0.2, 0.25) is 0 Å². The Bertz CT molecular complexity index is 758. The monoisotopic (exact) mass is 418 g/mol. The van der Waals surface area contributed by atoms with E-state index in [4.69, 9.17) is 14.2 Å². The summed E-state index contributed by atoms with van der Waals surface area (Å²) in [5.74, 6) is 1.78. The maximum absolute atomic E-state index is 12.7. The molecule has 0 aliphatic carbocycles. The summed E-state index contributed by atoms with van der Waals surface area (Å²) in [6, 6.07) is 6.07. The molecule has 0 aromatic heterocycles. The van der Waals surface area contributed by atoms with Crippen LogP contribution >= 0.6 is 0 Å². The number of carbonyl (C=O) groups excluding carboxylic acids is 2. The molecule has 0 spiro atoms. The molecule has 9 heteroatoms. The van der Waals surface area contributed by atoms with E-state index in [1.165, 1.54) is 5.56 Å². The van der Waals surface area contributed by atoms with Crippen LogP contribution in [-0.4, -0.2) is 104 Å². The second-order valence-electron chi connectivity index (χ2n) is 7.81. The van der Waals surface area contributed by atoms with E-state index in [9.17, 15) is 9.59 Å². The van der Waals surface area contributed by atoms with Crippen LogP contribution in [0.25, 0.3) is 0 Å². The molecule has 3 aliphatic heterocycles. The Balaban J connectivity index is 1.18. The maximum Gasteiger partial charge on any atom is 0.409 e.